The first kappa shape index (κ1) is 13.9. The molecule has 2 atom stereocenters. The normalized spacial score (nSPS) is 22.3. The van der Waals surface area contributed by atoms with E-state index < -0.39 is 0 Å². The van der Waals surface area contributed by atoms with Gasteiger partial charge in [-0.05, 0) is 30.9 Å². The van der Waals surface area contributed by atoms with Crippen LogP contribution in [0.25, 0.3) is 5.52 Å². The van der Waals surface area contributed by atoms with Crippen molar-refractivity contribution >= 4 is 11.4 Å². The topological polar surface area (TPSA) is 68.4 Å². The lowest BCUT2D eigenvalue weighted by Crippen LogP contribution is -2.43. The van der Waals surface area contributed by atoms with Crippen LogP contribution in [0.1, 0.15) is 32.6 Å². The number of hydrogen-bond acceptors (Lipinski definition) is 3. The van der Waals surface area contributed by atoms with Crippen LogP contribution in [0.4, 0.5) is 0 Å². The highest BCUT2D eigenvalue weighted by atomic mass is 16.2. The van der Waals surface area contributed by atoms with Crippen molar-refractivity contribution in [3.8, 4) is 0 Å². The van der Waals surface area contributed by atoms with Crippen LogP contribution in [0.3, 0.4) is 0 Å². The van der Waals surface area contributed by atoms with Crippen LogP contribution in [0.2, 0.25) is 0 Å². The average molecular weight is 288 g/mol. The van der Waals surface area contributed by atoms with Crippen molar-refractivity contribution in [1.29, 1.82) is 0 Å². The zero-order valence-corrected chi connectivity index (χ0v) is 12.2. The molecule has 2 heterocycles. The number of carbonyl (C=O) groups excluding carboxylic acids is 1. The van der Waals surface area contributed by atoms with E-state index in [1.165, 1.54) is 11.1 Å². The van der Waals surface area contributed by atoms with Gasteiger partial charge in [0.15, 0.2) is 0 Å². The second-order valence-electron chi connectivity index (χ2n) is 5.83. The molecule has 0 aromatic carbocycles. The van der Waals surface area contributed by atoms with Crippen LogP contribution >= 0.6 is 0 Å². The van der Waals surface area contributed by atoms with E-state index in [9.17, 15) is 9.59 Å². The van der Waals surface area contributed by atoms with Crippen molar-refractivity contribution in [3.63, 3.8) is 0 Å². The number of fused-ring (bicyclic) bond motifs is 1. The van der Waals surface area contributed by atoms with Crippen molar-refractivity contribution in [1.82, 2.24) is 19.5 Å². The zero-order valence-electron chi connectivity index (χ0n) is 12.2. The molecule has 1 aliphatic rings. The van der Waals surface area contributed by atoms with Crippen molar-refractivity contribution in [2.45, 2.75) is 45.2 Å². The smallest absolute Gasteiger partial charge is 0.291 e. The summed E-state index contributed by atoms with van der Waals surface area (Å²) in [6.45, 7) is 2.14. The van der Waals surface area contributed by atoms with E-state index in [4.69, 9.17) is 0 Å². The first-order chi connectivity index (χ1) is 10.1. The van der Waals surface area contributed by atoms with Crippen LogP contribution in [-0.4, -0.2) is 26.1 Å². The minimum absolute atomic E-state index is 0.0241. The molecule has 1 aliphatic carbocycles. The quantitative estimate of drug-likeness (QED) is 0.922. The molecular formula is C15H20N4O2. The Labute approximate surface area is 122 Å². The molecule has 1 N–H and O–H groups in total. The maximum absolute atomic E-state index is 12.2. The Bertz CT molecular complexity index is 703. The van der Waals surface area contributed by atoms with Crippen molar-refractivity contribution in [2.75, 3.05) is 0 Å². The molecule has 0 radical (unpaired) electrons. The Morgan fingerprint density at radius 2 is 2.24 bits per heavy atom. The van der Waals surface area contributed by atoms with Crippen molar-refractivity contribution in [3.05, 3.63) is 35.0 Å². The van der Waals surface area contributed by atoms with Gasteiger partial charge in [-0.2, -0.15) is 5.10 Å². The van der Waals surface area contributed by atoms with Gasteiger partial charge in [-0.1, -0.05) is 19.8 Å². The molecule has 1 saturated carbocycles. The van der Waals surface area contributed by atoms with Gasteiger partial charge in [0.2, 0.25) is 5.91 Å². The number of rotatable bonds is 3. The summed E-state index contributed by atoms with van der Waals surface area (Å²) < 4.78 is 2.87. The summed E-state index contributed by atoms with van der Waals surface area (Å²) in [5.41, 5.74) is 0.290. The van der Waals surface area contributed by atoms with Gasteiger partial charge in [0.05, 0.1) is 0 Å². The van der Waals surface area contributed by atoms with E-state index in [1.807, 2.05) is 0 Å². The van der Waals surface area contributed by atoms with Gasteiger partial charge in [-0.15, -0.1) is 0 Å². The molecule has 21 heavy (non-hydrogen) atoms. The lowest BCUT2D eigenvalue weighted by atomic mass is 9.86. The van der Waals surface area contributed by atoms with Gasteiger partial charge in [-0.25, -0.2) is 4.68 Å². The highest BCUT2D eigenvalue weighted by Gasteiger charge is 2.23. The fourth-order valence-electron chi connectivity index (χ4n) is 3.01. The van der Waals surface area contributed by atoms with Gasteiger partial charge in [0.25, 0.3) is 5.56 Å². The van der Waals surface area contributed by atoms with E-state index in [1.54, 1.807) is 29.1 Å². The Morgan fingerprint density at radius 1 is 1.43 bits per heavy atom. The molecule has 3 rings (SSSR count). The summed E-state index contributed by atoms with van der Waals surface area (Å²) in [6, 6.07) is 3.73. The van der Waals surface area contributed by atoms with Crippen LogP contribution < -0.4 is 10.9 Å². The van der Waals surface area contributed by atoms with E-state index in [2.05, 4.69) is 17.3 Å². The van der Waals surface area contributed by atoms with Gasteiger partial charge >= 0.3 is 0 Å². The highest BCUT2D eigenvalue weighted by molar-refractivity contribution is 5.76. The van der Waals surface area contributed by atoms with E-state index in [0.29, 0.717) is 11.4 Å². The van der Waals surface area contributed by atoms with Gasteiger partial charge in [0.1, 0.15) is 18.4 Å². The number of nitrogens with zero attached hydrogens (tertiary/aromatic N) is 3. The molecule has 2 unspecified atom stereocenters. The number of amides is 1. The highest BCUT2D eigenvalue weighted by Crippen LogP contribution is 2.23. The van der Waals surface area contributed by atoms with Crippen LogP contribution in [0.15, 0.2) is 29.5 Å². The average Bonchev–Trinajstić information content (AvgIpc) is 2.94. The van der Waals surface area contributed by atoms with E-state index in [-0.39, 0.29) is 24.1 Å². The summed E-state index contributed by atoms with van der Waals surface area (Å²) >= 11 is 0. The number of nitrogens with one attached hydrogen (secondary N) is 1. The van der Waals surface area contributed by atoms with Gasteiger partial charge < -0.3 is 9.72 Å². The maximum Gasteiger partial charge on any atom is 0.291 e. The molecule has 0 bridgehead atoms. The summed E-state index contributed by atoms with van der Waals surface area (Å²) in [5.74, 6) is 0.361. The number of carbonyl (C=O) groups is 1. The maximum atomic E-state index is 12.2. The molecule has 6 nitrogen and oxygen atoms in total. The minimum atomic E-state index is -0.241. The predicted octanol–water partition coefficient (Wildman–Crippen LogP) is 1.19. The summed E-state index contributed by atoms with van der Waals surface area (Å²) in [6.07, 6.45) is 7.88. The van der Waals surface area contributed by atoms with Crippen molar-refractivity contribution < 1.29 is 4.79 Å². The fourth-order valence-corrected chi connectivity index (χ4v) is 3.01. The predicted molar refractivity (Wildman–Crippen MR) is 79.0 cm³/mol. The lowest BCUT2D eigenvalue weighted by Gasteiger charge is -2.29. The largest absolute Gasteiger partial charge is 0.351 e. The van der Waals surface area contributed by atoms with E-state index >= 15 is 0 Å². The monoisotopic (exact) mass is 288 g/mol. The van der Waals surface area contributed by atoms with Gasteiger partial charge in [0, 0.05) is 12.2 Å². The molecule has 0 spiro atoms. The Kier molecular flexibility index (Phi) is 3.77. The SMILES string of the molecule is CC1CCCCC1NC(=O)Cn1ncn2cccc2c1=O. The first-order valence-electron chi connectivity index (χ1n) is 7.47. The standard InChI is InChI=1S/C15H20N4O2/c1-11-5-2-3-6-12(11)17-14(20)9-19-15(21)13-7-4-8-18(13)10-16-19/h4,7-8,10-12H,2-3,5-6,9H2,1H3,(H,17,20). The first-order valence-corrected chi connectivity index (χ1v) is 7.47. The third-order valence-corrected chi connectivity index (χ3v) is 4.30. The molecule has 2 aromatic heterocycles. The second-order valence-corrected chi connectivity index (χ2v) is 5.83. The molecule has 1 amide bonds. The lowest BCUT2D eigenvalue weighted by molar-refractivity contribution is -0.123. The third kappa shape index (κ3) is 2.84. The summed E-state index contributed by atoms with van der Waals surface area (Å²) in [4.78, 5) is 24.3. The Hall–Kier alpha value is -2.11. The second kappa shape index (κ2) is 5.71. The number of aromatic nitrogens is 3. The molecule has 1 fully saturated rings. The fraction of sp³-hybridized carbons (Fsp3) is 0.533. The number of hydrogen-bond donors (Lipinski definition) is 1. The molecule has 112 valence electrons. The van der Waals surface area contributed by atoms with Crippen LogP contribution in [-0.2, 0) is 11.3 Å². The molecule has 0 saturated heterocycles. The molecule has 0 aliphatic heterocycles. The molecule has 6 heteroatoms. The zero-order chi connectivity index (χ0) is 14.8. The summed E-state index contributed by atoms with van der Waals surface area (Å²) in [5, 5.41) is 7.08. The molecular weight excluding hydrogens is 268 g/mol. The van der Waals surface area contributed by atoms with Crippen LogP contribution in [0.5, 0.6) is 0 Å². The third-order valence-electron chi connectivity index (χ3n) is 4.30. The molecule has 2 aromatic rings. The van der Waals surface area contributed by atoms with Crippen molar-refractivity contribution in [2.24, 2.45) is 5.92 Å². The van der Waals surface area contributed by atoms with Crippen LogP contribution in [0, 0.1) is 5.92 Å². The summed E-state index contributed by atoms with van der Waals surface area (Å²) in [7, 11) is 0. The Morgan fingerprint density at radius 3 is 3.05 bits per heavy atom. The minimum Gasteiger partial charge on any atom is -0.351 e. The van der Waals surface area contributed by atoms with Gasteiger partial charge in [-0.3, -0.25) is 9.59 Å². The Balaban J connectivity index is 1.71. The van der Waals surface area contributed by atoms with E-state index in [0.717, 1.165) is 19.3 Å².